The molecule has 1 saturated heterocycles. The summed E-state index contributed by atoms with van der Waals surface area (Å²) in [5, 5.41) is 0. The Morgan fingerprint density at radius 3 is 2.12 bits per heavy atom. The van der Waals surface area contributed by atoms with E-state index in [-0.39, 0.29) is 11.5 Å². The van der Waals surface area contributed by atoms with Crippen LogP contribution < -0.4 is 0 Å². The van der Waals surface area contributed by atoms with Crippen LogP contribution in [0.4, 0.5) is 4.79 Å². The molecular weight excluding hydrogens is 354 g/mol. The van der Waals surface area contributed by atoms with Gasteiger partial charge in [0.05, 0.1) is 6.26 Å². The van der Waals surface area contributed by atoms with Gasteiger partial charge in [0.25, 0.3) is 0 Å². The van der Waals surface area contributed by atoms with Crippen molar-refractivity contribution >= 4 is 16.2 Å². The number of likely N-dealkylation sites (tertiary alicyclic amines) is 1. The summed E-state index contributed by atoms with van der Waals surface area (Å²) in [6.07, 6.45) is 7.68. The number of ether oxygens (including phenoxy) is 1. The molecule has 2 fully saturated rings. The molecule has 0 aromatic carbocycles. The van der Waals surface area contributed by atoms with Gasteiger partial charge in [-0.05, 0) is 52.4 Å². The molecule has 0 radical (unpaired) electrons. The predicted octanol–water partition coefficient (Wildman–Crippen LogP) is 4.07. The molecule has 1 saturated carbocycles. The van der Waals surface area contributed by atoms with Crippen molar-refractivity contribution in [1.29, 1.82) is 0 Å². The van der Waals surface area contributed by atoms with Crippen LogP contribution in [0.2, 0.25) is 0 Å². The lowest BCUT2D eigenvalue weighted by molar-refractivity contribution is -0.00409. The van der Waals surface area contributed by atoms with Crippen LogP contribution in [0.1, 0.15) is 65.7 Å². The second kappa shape index (κ2) is 7.79. The largest absolute Gasteiger partial charge is 0.444 e. The lowest BCUT2D eigenvalue weighted by atomic mass is 9.63. The molecule has 0 bridgehead atoms. The molecular formula is C19H33NO5S. The summed E-state index contributed by atoms with van der Waals surface area (Å²) in [6, 6.07) is 0. The van der Waals surface area contributed by atoms with E-state index in [0.29, 0.717) is 37.6 Å². The van der Waals surface area contributed by atoms with Crippen LogP contribution in [0.3, 0.4) is 0 Å². The zero-order chi connectivity index (χ0) is 19.6. The molecule has 7 heteroatoms. The molecule has 2 aliphatic rings. The van der Waals surface area contributed by atoms with Crippen molar-refractivity contribution in [2.24, 2.45) is 11.3 Å². The van der Waals surface area contributed by atoms with E-state index < -0.39 is 15.7 Å². The van der Waals surface area contributed by atoms with Gasteiger partial charge in [0.15, 0.2) is 0 Å². The van der Waals surface area contributed by atoms with Gasteiger partial charge in [0.2, 0.25) is 0 Å². The molecule has 1 aliphatic heterocycles. The van der Waals surface area contributed by atoms with E-state index in [0.717, 1.165) is 31.9 Å². The van der Waals surface area contributed by atoms with Crippen LogP contribution in [0.5, 0.6) is 0 Å². The molecule has 1 heterocycles. The number of piperidine rings is 1. The molecule has 0 aromatic heterocycles. The van der Waals surface area contributed by atoms with E-state index in [1.54, 1.807) is 4.90 Å². The first-order valence-corrected chi connectivity index (χ1v) is 11.3. The Hall–Kier alpha value is -1.24. The van der Waals surface area contributed by atoms with E-state index in [2.05, 4.69) is 6.58 Å². The number of hydrogen-bond acceptors (Lipinski definition) is 5. The van der Waals surface area contributed by atoms with Gasteiger partial charge in [-0.25, -0.2) is 4.79 Å². The lowest BCUT2D eigenvalue weighted by Gasteiger charge is -2.48. The van der Waals surface area contributed by atoms with E-state index in [4.69, 9.17) is 8.92 Å². The smallest absolute Gasteiger partial charge is 0.410 e. The van der Waals surface area contributed by atoms with Crippen LogP contribution >= 0.6 is 0 Å². The second-order valence-electron chi connectivity index (χ2n) is 8.67. The molecule has 0 spiro atoms. The van der Waals surface area contributed by atoms with Crippen molar-refractivity contribution in [1.82, 2.24) is 4.90 Å². The fourth-order valence-electron chi connectivity index (χ4n) is 4.25. The number of carbonyl (C=O) groups excluding carboxylic acids is 1. The Kier molecular flexibility index (Phi) is 6.31. The molecule has 0 unspecified atom stereocenters. The fourth-order valence-corrected chi connectivity index (χ4v) is 4.78. The highest BCUT2D eigenvalue weighted by Gasteiger charge is 2.47. The Morgan fingerprint density at radius 2 is 1.65 bits per heavy atom. The fraction of sp³-hybridized carbons (Fsp3) is 0.842. The van der Waals surface area contributed by atoms with Gasteiger partial charge >= 0.3 is 16.2 Å². The average molecular weight is 388 g/mol. The monoisotopic (exact) mass is 387 g/mol. The van der Waals surface area contributed by atoms with Crippen molar-refractivity contribution in [2.45, 2.75) is 71.3 Å². The minimum Gasteiger partial charge on any atom is -0.444 e. The summed E-state index contributed by atoms with van der Waals surface area (Å²) in [5.41, 5.74) is -0.917. The average Bonchev–Trinajstić information content (AvgIpc) is 2.52. The van der Waals surface area contributed by atoms with Gasteiger partial charge < -0.3 is 13.8 Å². The van der Waals surface area contributed by atoms with Crippen molar-refractivity contribution in [3.05, 3.63) is 12.3 Å². The van der Waals surface area contributed by atoms with Crippen molar-refractivity contribution in [2.75, 3.05) is 19.3 Å². The third kappa shape index (κ3) is 5.38. The standard InChI is InChI=1S/C19H33NO5S/c1-15(25-26(5,22)23)19(16-9-7-6-8-10-16)11-13-20(14-12-19)17(21)24-18(2,3)4/h16H,1,6-14H2,2-5H3. The zero-order valence-corrected chi connectivity index (χ0v) is 17.4. The number of hydrogen-bond donors (Lipinski definition) is 0. The molecule has 0 N–H and O–H groups in total. The summed E-state index contributed by atoms with van der Waals surface area (Å²) < 4.78 is 34.1. The normalized spacial score (nSPS) is 21.9. The molecule has 6 nitrogen and oxygen atoms in total. The van der Waals surface area contributed by atoms with Crippen molar-refractivity contribution in [3.8, 4) is 0 Å². The van der Waals surface area contributed by atoms with Crippen LogP contribution in [0, 0.1) is 11.3 Å². The van der Waals surface area contributed by atoms with Crippen LogP contribution in [0.25, 0.3) is 0 Å². The van der Waals surface area contributed by atoms with E-state index in [9.17, 15) is 13.2 Å². The predicted molar refractivity (Wildman–Crippen MR) is 101 cm³/mol. The molecule has 0 aromatic rings. The summed E-state index contributed by atoms with van der Waals surface area (Å²) in [7, 11) is -3.61. The first-order chi connectivity index (χ1) is 11.9. The van der Waals surface area contributed by atoms with Gasteiger partial charge in [-0.1, -0.05) is 25.8 Å². The number of carbonyl (C=O) groups is 1. The van der Waals surface area contributed by atoms with Gasteiger partial charge in [0, 0.05) is 18.5 Å². The summed E-state index contributed by atoms with van der Waals surface area (Å²) in [5.74, 6) is 0.696. The van der Waals surface area contributed by atoms with E-state index in [1.807, 2.05) is 20.8 Å². The lowest BCUT2D eigenvalue weighted by Crippen LogP contribution is -2.49. The number of rotatable bonds is 4. The second-order valence-corrected chi connectivity index (χ2v) is 10.2. The first kappa shape index (κ1) is 21.1. The Bertz CT molecular complexity index is 621. The van der Waals surface area contributed by atoms with Crippen LogP contribution in [0.15, 0.2) is 12.3 Å². The summed E-state index contributed by atoms with van der Waals surface area (Å²) in [6.45, 7) is 10.6. The Labute approximate surface area is 158 Å². The topological polar surface area (TPSA) is 72.9 Å². The third-order valence-electron chi connectivity index (χ3n) is 5.50. The van der Waals surface area contributed by atoms with Gasteiger partial charge in [-0.2, -0.15) is 8.42 Å². The highest BCUT2D eigenvalue weighted by atomic mass is 32.2. The van der Waals surface area contributed by atoms with Crippen molar-refractivity contribution in [3.63, 3.8) is 0 Å². The van der Waals surface area contributed by atoms with Gasteiger partial charge in [-0.15, -0.1) is 0 Å². The van der Waals surface area contributed by atoms with Gasteiger partial charge in [-0.3, -0.25) is 0 Å². The highest BCUT2D eigenvalue weighted by molar-refractivity contribution is 7.86. The quantitative estimate of drug-likeness (QED) is 0.537. The van der Waals surface area contributed by atoms with Gasteiger partial charge in [0.1, 0.15) is 11.4 Å². The molecule has 1 aliphatic carbocycles. The third-order valence-corrected chi connectivity index (χ3v) is 6.01. The molecule has 150 valence electrons. The minimum atomic E-state index is -3.61. The maximum atomic E-state index is 12.4. The number of nitrogens with zero attached hydrogens (tertiary/aromatic N) is 1. The zero-order valence-electron chi connectivity index (χ0n) is 16.5. The molecule has 26 heavy (non-hydrogen) atoms. The molecule has 1 amide bonds. The van der Waals surface area contributed by atoms with E-state index in [1.165, 1.54) is 6.42 Å². The summed E-state index contributed by atoms with van der Waals surface area (Å²) in [4.78, 5) is 14.1. The summed E-state index contributed by atoms with van der Waals surface area (Å²) >= 11 is 0. The first-order valence-electron chi connectivity index (χ1n) is 9.50. The highest BCUT2D eigenvalue weighted by Crippen LogP contribution is 2.50. The number of amides is 1. The maximum absolute atomic E-state index is 12.4. The van der Waals surface area contributed by atoms with E-state index >= 15 is 0 Å². The minimum absolute atomic E-state index is 0.315. The maximum Gasteiger partial charge on any atom is 0.410 e. The molecule has 2 rings (SSSR count). The van der Waals surface area contributed by atoms with Crippen LogP contribution in [-0.4, -0.2) is 44.4 Å². The van der Waals surface area contributed by atoms with Crippen molar-refractivity contribution < 1.29 is 22.1 Å². The van der Waals surface area contributed by atoms with Crippen LogP contribution in [-0.2, 0) is 19.0 Å². The Morgan fingerprint density at radius 1 is 1.12 bits per heavy atom. The number of allylic oxidation sites excluding steroid dienone is 1. The molecule has 0 atom stereocenters. The Balaban J connectivity index is 2.14. The SMILES string of the molecule is C=C(OS(C)(=O)=O)C1(C2CCCCC2)CCN(C(=O)OC(C)(C)C)CC1.